The summed E-state index contributed by atoms with van der Waals surface area (Å²) in [6.45, 7) is 1.24. The van der Waals surface area contributed by atoms with Crippen LogP contribution in [0.1, 0.15) is 29.5 Å². The minimum absolute atomic E-state index is 0.0510. The monoisotopic (exact) mass is 626 g/mol. The van der Waals surface area contributed by atoms with Crippen LogP contribution in [-0.2, 0) is 36.2 Å². The molecule has 230 valence electrons. The van der Waals surface area contributed by atoms with Crippen molar-refractivity contribution < 1.29 is 53.1 Å². The maximum Gasteiger partial charge on any atom is 0.435 e. The molecule has 2 aromatic carbocycles. The van der Waals surface area contributed by atoms with E-state index in [9.17, 15) is 48.3 Å². The van der Waals surface area contributed by atoms with Crippen molar-refractivity contribution in [3.8, 4) is 0 Å². The van der Waals surface area contributed by atoms with E-state index in [4.69, 9.17) is 4.74 Å². The molecule has 0 spiro atoms. The van der Waals surface area contributed by atoms with Crippen molar-refractivity contribution in [3.63, 3.8) is 0 Å². The van der Waals surface area contributed by atoms with Gasteiger partial charge in [0.15, 0.2) is 9.84 Å². The van der Waals surface area contributed by atoms with Gasteiger partial charge in [0, 0.05) is 31.2 Å². The Morgan fingerprint density at radius 1 is 0.929 bits per heavy atom. The summed E-state index contributed by atoms with van der Waals surface area (Å²) in [4.78, 5) is 16.0. The Morgan fingerprint density at radius 2 is 1.55 bits per heavy atom. The van der Waals surface area contributed by atoms with Crippen molar-refractivity contribution in [2.24, 2.45) is 0 Å². The number of morpholine rings is 1. The van der Waals surface area contributed by atoms with E-state index in [2.05, 4.69) is 0 Å². The fourth-order valence-electron chi connectivity index (χ4n) is 6.42. The van der Waals surface area contributed by atoms with Gasteiger partial charge in [0.2, 0.25) is 5.91 Å². The lowest BCUT2D eigenvalue weighted by atomic mass is 9.77. The molecule has 0 unspecified atom stereocenters. The number of likely N-dealkylation sites (tertiary alicyclic amines) is 1. The molecular weight excluding hydrogens is 600 g/mol. The molecule has 1 aliphatic carbocycles. The van der Waals surface area contributed by atoms with Crippen molar-refractivity contribution in [1.82, 2.24) is 9.80 Å². The second-order valence-electron chi connectivity index (χ2n) is 10.6. The van der Waals surface area contributed by atoms with Crippen LogP contribution in [0, 0.1) is 5.82 Å². The van der Waals surface area contributed by atoms with Gasteiger partial charge in [-0.1, -0.05) is 18.2 Å². The van der Waals surface area contributed by atoms with Crippen molar-refractivity contribution >= 4 is 15.7 Å². The zero-order valence-corrected chi connectivity index (χ0v) is 22.8. The summed E-state index contributed by atoms with van der Waals surface area (Å²) < 4.78 is 142. The number of sulfone groups is 1. The summed E-state index contributed by atoms with van der Waals surface area (Å²) in [5.74, 6) is -1.01. The maximum atomic E-state index is 14.9. The van der Waals surface area contributed by atoms with E-state index >= 15 is 0 Å². The van der Waals surface area contributed by atoms with E-state index in [-0.39, 0.29) is 54.3 Å². The van der Waals surface area contributed by atoms with E-state index in [1.165, 1.54) is 0 Å². The summed E-state index contributed by atoms with van der Waals surface area (Å²) in [5, 5.41) is 0. The largest absolute Gasteiger partial charge is 0.435 e. The summed E-state index contributed by atoms with van der Waals surface area (Å²) in [6.07, 6.45) is -13.0. The zero-order chi connectivity index (χ0) is 30.7. The number of amides is 1. The van der Waals surface area contributed by atoms with Crippen LogP contribution >= 0.6 is 0 Å². The van der Waals surface area contributed by atoms with E-state index in [1.807, 2.05) is 0 Å². The quantitative estimate of drug-likeness (QED) is 0.357. The topological polar surface area (TPSA) is 66.9 Å². The number of halogens is 8. The van der Waals surface area contributed by atoms with E-state index in [0.29, 0.717) is 38.4 Å². The number of rotatable bonds is 5. The Kier molecular flexibility index (Phi) is 7.62. The van der Waals surface area contributed by atoms with Gasteiger partial charge >= 0.3 is 18.0 Å². The number of alkyl halides is 7. The van der Waals surface area contributed by atoms with Crippen LogP contribution in [0.2, 0.25) is 0 Å². The highest BCUT2D eigenvalue weighted by atomic mass is 32.2. The van der Waals surface area contributed by atoms with Gasteiger partial charge in [0.1, 0.15) is 10.6 Å². The fourth-order valence-corrected chi connectivity index (χ4v) is 8.81. The molecule has 2 saturated heterocycles. The highest BCUT2D eigenvalue weighted by Gasteiger charge is 2.73. The first-order valence-corrected chi connectivity index (χ1v) is 14.6. The van der Waals surface area contributed by atoms with Crippen LogP contribution in [-0.4, -0.2) is 81.9 Å². The number of ether oxygens (including phenoxy) is 1. The molecule has 0 radical (unpaired) electrons. The predicted octanol–water partition coefficient (Wildman–Crippen LogP) is 4.66. The average Bonchev–Trinajstić information content (AvgIpc) is 3.32. The fraction of sp³-hybridized carbons (Fsp3) is 0.519. The molecular formula is C27H26F8N2O4S. The van der Waals surface area contributed by atoms with Crippen LogP contribution in [0.25, 0.3) is 0 Å². The average molecular weight is 627 g/mol. The van der Waals surface area contributed by atoms with Gasteiger partial charge in [0.05, 0.1) is 24.7 Å². The van der Waals surface area contributed by atoms with Gasteiger partial charge in [-0.25, -0.2) is 17.2 Å². The van der Waals surface area contributed by atoms with Crippen LogP contribution in [0.3, 0.4) is 0 Å². The van der Waals surface area contributed by atoms with E-state index < -0.39 is 50.0 Å². The smallest absolute Gasteiger partial charge is 0.378 e. The Hall–Kier alpha value is -2.78. The third-order valence-corrected chi connectivity index (χ3v) is 11.0. The molecule has 42 heavy (non-hydrogen) atoms. The number of carbonyl (C=O) groups excluding carboxylic acids is 1. The number of nitrogens with zero attached hydrogens (tertiary/aromatic N) is 2. The van der Waals surface area contributed by atoms with Gasteiger partial charge in [-0.15, -0.1) is 0 Å². The Labute approximate surface area is 236 Å². The lowest BCUT2D eigenvalue weighted by Crippen LogP contribution is -2.54. The molecule has 0 N–H and O–H groups in total. The Balaban J connectivity index is 1.62. The van der Waals surface area contributed by atoms with E-state index in [1.54, 1.807) is 9.80 Å². The van der Waals surface area contributed by atoms with Crippen molar-refractivity contribution in [2.75, 3.05) is 39.4 Å². The molecule has 2 fully saturated rings. The van der Waals surface area contributed by atoms with Crippen molar-refractivity contribution in [3.05, 3.63) is 65.0 Å². The minimum atomic E-state index is -6.33. The molecule has 1 amide bonds. The zero-order valence-electron chi connectivity index (χ0n) is 21.9. The highest BCUT2D eigenvalue weighted by Crippen LogP contribution is 2.56. The number of hydrogen-bond donors (Lipinski definition) is 0. The molecule has 0 bridgehead atoms. The second-order valence-corrected chi connectivity index (χ2v) is 12.8. The molecule has 0 aromatic heterocycles. The van der Waals surface area contributed by atoms with Crippen molar-refractivity contribution in [1.29, 1.82) is 0 Å². The third-order valence-electron chi connectivity index (χ3n) is 8.48. The highest BCUT2D eigenvalue weighted by molar-refractivity contribution is 7.92. The first-order valence-electron chi connectivity index (χ1n) is 13.1. The molecule has 5 rings (SSSR count). The summed E-state index contributed by atoms with van der Waals surface area (Å²) in [7, 11) is -4.48. The van der Waals surface area contributed by atoms with Gasteiger partial charge in [-0.05, 0) is 54.7 Å². The number of benzene rings is 2. The van der Waals surface area contributed by atoms with Gasteiger partial charge in [-0.3, -0.25) is 9.69 Å². The standard InChI is InChI=1S/C27H26F8N2O4S/c28-19-3-5-20(6-4-19)42(39,40)24-9-10-37(16-23(38)36-11-13-41-14-12-36)22(24)8-1-17-15-18(2-7-21(17)24)25(29,26(30,31)32)27(33,34)35/h2-7,15,22H,1,8-14,16H2/t22-,24-/m0/s1. The van der Waals surface area contributed by atoms with Crippen LogP contribution in [0.15, 0.2) is 47.4 Å². The minimum Gasteiger partial charge on any atom is -0.378 e. The molecule has 2 aromatic rings. The van der Waals surface area contributed by atoms with Crippen LogP contribution in [0.5, 0.6) is 0 Å². The SMILES string of the molecule is O=C(CN1CC[C@]2(S(=O)(=O)c3ccc(F)cc3)c3ccc(C(F)(C(F)(F)F)C(F)(F)F)cc3CC[C@H]12)N1CCOCC1. The number of carbonyl (C=O) groups is 1. The maximum absolute atomic E-state index is 14.9. The normalized spacial score (nSPS) is 23.9. The number of hydrogen-bond acceptors (Lipinski definition) is 5. The summed E-state index contributed by atoms with van der Waals surface area (Å²) in [6, 6.07) is 4.59. The molecule has 15 heteroatoms. The van der Waals surface area contributed by atoms with E-state index in [0.717, 1.165) is 30.3 Å². The van der Waals surface area contributed by atoms with Gasteiger partial charge in [0.25, 0.3) is 0 Å². The first kappa shape index (κ1) is 30.7. The van der Waals surface area contributed by atoms with Crippen LogP contribution < -0.4 is 0 Å². The van der Waals surface area contributed by atoms with Gasteiger partial charge in [-0.2, -0.15) is 26.3 Å². The molecule has 2 heterocycles. The van der Waals surface area contributed by atoms with Crippen LogP contribution in [0.4, 0.5) is 35.1 Å². The summed E-state index contributed by atoms with van der Waals surface area (Å²) >= 11 is 0. The molecule has 0 saturated carbocycles. The van der Waals surface area contributed by atoms with Gasteiger partial charge < -0.3 is 9.64 Å². The lowest BCUT2D eigenvalue weighted by Gasteiger charge is -2.43. The molecule has 6 nitrogen and oxygen atoms in total. The Morgan fingerprint density at radius 3 is 2.14 bits per heavy atom. The lowest BCUT2D eigenvalue weighted by molar-refractivity contribution is -0.348. The number of fused-ring (bicyclic) bond motifs is 3. The predicted molar refractivity (Wildman–Crippen MR) is 132 cm³/mol. The molecule has 3 aliphatic rings. The molecule has 2 aliphatic heterocycles. The Bertz CT molecular complexity index is 1440. The third kappa shape index (κ3) is 4.67. The second kappa shape index (κ2) is 10.4. The first-order chi connectivity index (χ1) is 19.5. The van der Waals surface area contributed by atoms with Crippen molar-refractivity contribution in [2.45, 2.75) is 53.0 Å². The summed E-state index contributed by atoms with van der Waals surface area (Å²) in [5.41, 5.74) is -7.63. The molecule has 2 atom stereocenters. The number of aryl methyl sites for hydroxylation is 1.